The molecule has 0 radical (unpaired) electrons. The summed E-state index contributed by atoms with van der Waals surface area (Å²) in [5.74, 6) is 2.18. The van der Waals surface area contributed by atoms with Crippen LogP contribution in [0.1, 0.15) is 37.9 Å². The van der Waals surface area contributed by atoms with E-state index in [1.54, 1.807) is 0 Å². The van der Waals surface area contributed by atoms with Crippen LogP contribution in [0.5, 0.6) is 0 Å². The van der Waals surface area contributed by atoms with Crippen molar-refractivity contribution >= 4 is 34.2 Å². The lowest BCUT2D eigenvalue weighted by molar-refractivity contribution is 0.320. The number of alkyl halides is 1. The average Bonchev–Trinajstić information content (AvgIpc) is 2.78. The standard InChI is InChI=1S/C15H18Cl2N2/c16-9-15-18-13-7-6-12(17)8-14(13)19(15)10-11-4-2-1-3-5-11/h6-8,11H,1-5,9-10H2. The van der Waals surface area contributed by atoms with Crippen molar-refractivity contribution in [2.75, 3.05) is 0 Å². The molecule has 1 aliphatic rings. The molecule has 4 heteroatoms. The first-order chi connectivity index (χ1) is 9.28. The molecule has 2 nitrogen and oxygen atoms in total. The maximum Gasteiger partial charge on any atom is 0.124 e. The molecule has 3 rings (SSSR count). The summed E-state index contributed by atoms with van der Waals surface area (Å²) in [5.41, 5.74) is 2.12. The van der Waals surface area contributed by atoms with Crippen LogP contribution < -0.4 is 0 Å². The molecule has 0 aliphatic heterocycles. The Morgan fingerprint density at radius 2 is 2.00 bits per heavy atom. The Morgan fingerprint density at radius 1 is 1.21 bits per heavy atom. The predicted molar refractivity (Wildman–Crippen MR) is 80.9 cm³/mol. The van der Waals surface area contributed by atoms with E-state index in [2.05, 4.69) is 9.55 Å². The second-order valence-electron chi connectivity index (χ2n) is 5.41. The molecule has 1 fully saturated rings. The van der Waals surface area contributed by atoms with Crippen LogP contribution in [0.2, 0.25) is 5.02 Å². The lowest BCUT2D eigenvalue weighted by atomic mass is 9.89. The topological polar surface area (TPSA) is 17.8 Å². The number of rotatable bonds is 3. The summed E-state index contributed by atoms with van der Waals surface area (Å²) in [7, 11) is 0. The summed E-state index contributed by atoms with van der Waals surface area (Å²) in [6, 6.07) is 5.87. The van der Waals surface area contributed by atoms with Crippen LogP contribution in [0.15, 0.2) is 18.2 Å². The number of fused-ring (bicyclic) bond motifs is 1. The van der Waals surface area contributed by atoms with Gasteiger partial charge in [-0.05, 0) is 37.0 Å². The minimum absolute atomic E-state index is 0.457. The fourth-order valence-corrected chi connectivity index (χ4v) is 3.45. The van der Waals surface area contributed by atoms with Crippen LogP contribution in [-0.4, -0.2) is 9.55 Å². The summed E-state index contributed by atoms with van der Waals surface area (Å²) in [4.78, 5) is 4.61. The van der Waals surface area contributed by atoms with E-state index in [0.29, 0.717) is 5.88 Å². The highest BCUT2D eigenvalue weighted by atomic mass is 35.5. The second kappa shape index (κ2) is 5.72. The van der Waals surface area contributed by atoms with Crippen molar-refractivity contribution in [2.24, 2.45) is 5.92 Å². The first-order valence-corrected chi connectivity index (χ1v) is 7.90. The van der Waals surface area contributed by atoms with Crippen LogP contribution in [-0.2, 0) is 12.4 Å². The zero-order valence-corrected chi connectivity index (χ0v) is 12.4. The maximum absolute atomic E-state index is 6.11. The van der Waals surface area contributed by atoms with Crippen LogP contribution in [0.25, 0.3) is 11.0 Å². The van der Waals surface area contributed by atoms with Crippen LogP contribution in [0.4, 0.5) is 0 Å². The monoisotopic (exact) mass is 296 g/mol. The molecular formula is C15H18Cl2N2. The number of hydrogen-bond acceptors (Lipinski definition) is 1. The van der Waals surface area contributed by atoms with Gasteiger partial charge in [0.25, 0.3) is 0 Å². The van der Waals surface area contributed by atoms with Gasteiger partial charge in [-0.25, -0.2) is 4.98 Å². The van der Waals surface area contributed by atoms with Gasteiger partial charge in [-0.1, -0.05) is 30.9 Å². The molecule has 0 bridgehead atoms. The molecule has 1 aromatic carbocycles. The molecule has 1 aliphatic carbocycles. The molecule has 0 N–H and O–H groups in total. The van der Waals surface area contributed by atoms with E-state index in [0.717, 1.165) is 34.3 Å². The number of benzene rings is 1. The minimum Gasteiger partial charge on any atom is -0.327 e. The zero-order chi connectivity index (χ0) is 13.2. The molecule has 0 atom stereocenters. The lowest BCUT2D eigenvalue weighted by Crippen LogP contribution is -2.15. The maximum atomic E-state index is 6.11. The van der Waals surface area contributed by atoms with Gasteiger partial charge in [-0.2, -0.15) is 0 Å². The van der Waals surface area contributed by atoms with E-state index in [1.165, 1.54) is 32.1 Å². The molecular weight excluding hydrogens is 279 g/mol. The summed E-state index contributed by atoms with van der Waals surface area (Å²) in [6.45, 7) is 1.03. The van der Waals surface area contributed by atoms with E-state index in [1.807, 2.05) is 18.2 Å². The Balaban J connectivity index is 1.97. The number of halogens is 2. The van der Waals surface area contributed by atoms with Gasteiger partial charge in [0.1, 0.15) is 5.82 Å². The molecule has 0 unspecified atom stereocenters. The third-order valence-electron chi connectivity index (χ3n) is 4.07. The third-order valence-corrected chi connectivity index (χ3v) is 4.55. The second-order valence-corrected chi connectivity index (χ2v) is 6.11. The van der Waals surface area contributed by atoms with Gasteiger partial charge in [0, 0.05) is 11.6 Å². The van der Waals surface area contributed by atoms with Crippen molar-refractivity contribution in [3.8, 4) is 0 Å². The molecule has 1 aromatic heterocycles. The van der Waals surface area contributed by atoms with Gasteiger partial charge in [-0.15, -0.1) is 11.6 Å². The minimum atomic E-state index is 0.457. The SMILES string of the molecule is ClCc1nc2ccc(Cl)cc2n1CC1CCCCC1. The van der Waals surface area contributed by atoms with Crippen molar-refractivity contribution in [1.82, 2.24) is 9.55 Å². The number of hydrogen-bond donors (Lipinski definition) is 0. The summed E-state index contributed by atoms with van der Waals surface area (Å²) in [5, 5.41) is 0.762. The fraction of sp³-hybridized carbons (Fsp3) is 0.533. The number of imidazole rings is 1. The van der Waals surface area contributed by atoms with E-state index in [-0.39, 0.29) is 0 Å². The van der Waals surface area contributed by atoms with Crippen LogP contribution in [0.3, 0.4) is 0 Å². The van der Waals surface area contributed by atoms with E-state index < -0.39 is 0 Å². The first kappa shape index (κ1) is 13.3. The summed E-state index contributed by atoms with van der Waals surface area (Å²) >= 11 is 12.2. The summed E-state index contributed by atoms with van der Waals surface area (Å²) < 4.78 is 2.27. The van der Waals surface area contributed by atoms with Crippen LogP contribution in [0, 0.1) is 5.92 Å². The van der Waals surface area contributed by atoms with Gasteiger partial charge in [0.2, 0.25) is 0 Å². The number of nitrogens with zero attached hydrogens (tertiary/aromatic N) is 2. The first-order valence-electron chi connectivity index (χ1n) is 6.98. The molecule has 0 saturated heterocycles. The van der Waals surface area contributed by atoms with Crippen molar-refractivity contribution < 1.29 is 0 Å². The van der Waals surface area contributed by atoms with Gasteiger partial charge < -0.3 is 4.57 Å². The van der Waals surface area contributed by atoms with E-state index in [9.17, 15) is 0 Å². The van der Waals surface area contributed by atoms with E-state index >= 15 is 0 Å². The van der Waals surface area contributed by atoms with Crippen LogP contribution >= 0.6 is 23.2 Å². The molecule has 102 valence electrons. The Hall–Kier alpha value is -0.730. The fourth-order valence-electron chi connectivity index (χ4n) is 3.08. The molecule has 1 heterocycles. The Labute approximate surface area is 123 Å². The Kier molecular flexibility index (Phi) is 3.99. The average molecular weight is 297 g/mol. The molecule has 0 amide bonds. The molecule has 2 aromatic rings. The normalized spacial score (nSPS) is 17.2. The van der Waals surface area contributed by atoms with Crippen molar-refractivity contribution in [3.63, 3.8) is 0 Å². The predicted octanol–water partition coefficient (Wildman–Crippen LogP) is 5.01. The Morgan fingerprint density at radius 3 is 2.74 bits per heavy atom. The highest BCUT2D eigenvalue weighted by Crippen LogP contribution is 2.28. The largest absolute Gasteiger partial charge is 0.327 e. The van der Waals surface area contributed by atoms with Crippen molar-refractivity contribution in [3.05, 3.63) is 29.0 Å². The zero-order valence-electron chi connectivity index (χ0n) is 10.9. The quantitative estimate of drug-likeness (QED) is 0.728. The summed E-state index contributed by atoms with van der Waals surface area (Å²) in [6.07, 6.45) is 6.74. The molecule has 0 spiro atoms. The molecule has 1 saturated carbocycles. The van der Waals surface area contributed by atoms with Crippen molar-refractivity contribution in [2.45, 2.75) is 44.5 Å². The lowest BCUT2D eigenvalue weighted by Gasteiger charge is -2.23. The number of aromatic nitrogens is 2. The Bertz CT molecular complexity index is 571. The highest BCUT2D eigenvalue weighted by molar-refractivity contribution is 6.31. The molecule has 19 heavy (non-hydrogen) atoms. The van der Waals surface area contributed by atoms with Gasteiger partial charge in [-0.3, -0.25) is 0 Å². The van der Waals surface area contributed by atoms with Crippen molar-refractivity contribution in [1.29, 1.82) is 0 Å². The van der Waals surface area contributed by atoms with E-state index in [4.69, 9.17) is 23.2 Å². The van der Waals surface area contributed by atoms with Gasteiger partial charge >= 0.3 is 0 Å². The van der Waals surface area contributed by atoms with Gasteiger partial charge in [0.05, 0.1) is 16.9 Å². The third kappa shape index (κ3) is 2.75. The highest BCUT2D eigenvalue weighted by Gasteiger charge is 2.17. The smallest absolute Gasteiger partial charge is 0.124 e. The van der Waals surface area contributed by atoms with Gasteiger partial charge in [0.15, 0.2) is 0 Å².